The molecule has 1 aliphatic heterocycles. The number of amides is 2. The Kier molecular flexibility index (Phi) is 7.43. The summed E-state index contributed by atoms with van der Waals surface area (Å²) >= 11 is 0. The second-order valence-corrected chi connectivity index (χ2v) is 5.20. The van der Waals surface area contributed by atoms with Gasteiger partial charge in [-0.1, -0.05) is 6.42 Å². The molecule has 0 spiro atoms. The first-order valence-electron chi connectivity index (χ1n) is 7.09. The highest BCUT2D eigenvalue weighted by Crippen LogP contribution is 2.08. The standard InChI is InChI=1S/C13H26N4O2/c1-16(8-4-2-3-7-12(18)15-14)11-13(19)17-9-5-6-10-17/h2-11,14H2,1H3,(H,15,18). The van der Waals surface area contributed by atoms with Crippen molar-refractivity contribution in [2.24, 2.45) is 5.84 Å². The van der Waals surface area contributed by atoms with Crippen LogP contribution in [0.3, 0.4) is 0 Å². The van der Waals surface area contributed by atoms with Crippen molar-refractivity contribution in [1.29, 1.82) is 0 Å². The maximum absolute atomic E-state index is 11.9. The first-order valence-corrected chi connectivity index (χ1v) is 7.09. The third-order valence-corrected chi connectivity index (χ3v) is 3.47. The second-order valence-electron chi connectivity index (χ2n) is 5.20. The molecule has 2 amide bonds. The van der Waals surface area contributed by atoms with Crippen molar-refractivity contribution in [3.63, 3.8) is 0 Å². The highest BCUT2D eigenvalue weighted by molar-refractivity contribution is 5.78. The van der Waals surface area contributed by atoms with E-state index in [1.165, 1.54) is 0 Å². The van der Waals surface area contributed by atoms with Crippen molar-refractivity contribution in [3.8, 4) is 0 Å². The molecule has 0 aliphatic carbocycles. The van der Waals surface area contributed by atoms with E-state index in [1.54, 1.807) is 0 Å². The summed E-state index contributed by atoms with van der Waals surface area (Å²) in [5.74, 6) is 5.12. The van der Waals surface area contributed by atoms with Gasteiger partial charge in [-0.2, -0.15) is 0 Å². The van der Waals surface area contributed by atoms with Crippen molar-refractivity contribution in [2.75, 3.05) is 33.2 Å². The van der Waals surface area contributed by atoms with E-state index in [2.05, 4.69) is 10.3 Å². The van der Waals surface area contributed by atoms with Crippen LogP contribution in [0.15, 0.2) is 0 Å². The minimum Gasteiger partial charge on any atom is -0.342 e. The average molecular weight is 270 g/mol. The Balaban J connectivity index is 2.02. The number of rotatable bonds is 8. The number of hydrogen-bond donors (Lipinski definition) is 2. The van der Waals surface area contributed by atoms with Gasteiger partial charge in [-0.05, 0) is 39.3 Å². The smallest absolute Gasteiger partial charge is 0.236 e. The lowest BCUT2D eigenvalue weighted by Gasteiger charge is -2.21. The lowest BCUT2D eigenvalue weighted by Crippen LogP contribution is -2.37. The molecule has 19 heavy (non-hydrogen) atoms. The molecule has 3 N–H and O–H groups in total. The van der Waals surface area contributed by atoms with Gasteiger partial charge in [-0.15, -0.1) is 0 Å². The van der Waals surface area contributed by atoms with E-state index in [0.29, 0.717) is 13.0 Å². The van der Waals surface area contributed by atoms with E-state index >= 15 is 0 Å². The first-order chi connectivity index (χ1) is 9.13. The third kappa shape index (κ3) is 6.54. The molecule has 0 atom stereocenters. The van der Waals surface area contributed by atoms with E-state index in [0.717, 1.165) is 51.7 Å². The maximum atomic E-state index is 11.9. The number of nitrogens with two attached hydrogens (primary N) is 1. The predicted molar refractivity (Wildman–Crippen MR) is 74.1 cm³/mol. The Bertz CT molecular complexity index is 290. The van der Waals surface area contributed by atoms with Gasteiger partial charge >= 0.3 is 0 Å². The number of hydrogen-bond acceptors (Lipinski definition) is 4. The Labute approximate surface area is 115 Å². The zero-order chi connectivity index (χ0) is 14.1. The van der Waals surface area contributed by atoms with Crippen molar-refractivity contribution in [2.45, 2.75) is 38.5 Å². The topological polar surface area (TPSA) is 78.7 Å². The lowest BCUT2D eigenvalue weighted by atomic mass is 10.2. The fraction of sp³-hybridized carbons (Fsp3) is 0.846. The number of nitrogens with zero attached hydrogens (tertiary/aromatic N) is 2. The van der Waals surface area contributed by atoms with Crippen LogP contribution in [0.5, 0.6) is 0 Å². The minimum absolute atomic E-state index is 0.113. The molecule has 1 fully saturated rings. The number of carbonyl (C=O) groups excluding carboxylic acids is 2. The van der Waals surface area contributed by atoms with Crippen LogP contribution in [0.4, 0.5) is 0 Å². The molecule has 1 rings (SSSR count). The van der Waals surface area contributed by atoms with Gasteiger partial charge in [-0.25, -0.2) is 5.84 Å². The van der Waals surface area contributed by atoms with E-state index < -0.39 is 0 Å². The van der Waals surface area contributed by atoms with Gasteiger partial charge in [-0.3, -0.25) is 19.9 Å². The zero-order valence-electron chi connectivity index (χ0n) is 11.9. The molecule has 0 saturated carbocycles. The van der Waals surface area contributed by atoms with E-state index in [-0.39, 0.29) is 11.8 Å². The fourth-order valence-corrected chi connectivity index (χ4v) is 2.29. The number of carbonyl (C=O) groups is 2. The molecule has 0 aromatic heterocycles. The van der Waals surface area contributed by atoms with Gasteiger partial charge in [0.25, 0.3) is 0 Å². The number of hydrazine groups is 1. The van der Waals surface area contributed by atoms with Crippen LogP contribution in [0.25, 0.3) is 0 Å². The van der Waals surface area contributed by atoms with Crippen LogP contribution in [0.1, 0.15) is 38.5 Å². The van der Waals surface area contributed by atoms with Crippen LogP contribution >= 0.6 is 0 Å². The molecular weight excluding hydrogens is 244 g/mol. The molecular formula is C13H26N4O2. The summed E-state index contributed by atoms with van der Waals surface area (Å²) in [6, 6.07) is 0. The Hall–Kier alpha value is -1.14. The van der Waals surface area contributed by atoms with Crippen molar-refractivity contribution in [3.05, 3.63) is 0 Å². The summed E-state index contributed by atoms with van der Waals surface area (Å²) in [4.78, 5) is 26.8. The van der Waals surface area contributed by atoms with Crippen LogP contribution in [0, 0.1) is 0 Å². The monoisotopic (exact) mass is 270 g/mol. The molecule has 6 nitrogen and oxygen atoms in total. The minimum atomic E-state index is -0.113. The summed E-state index contributed by atoms with van der Waals surface area (Å²) in [5, 5.41) is 0. The van der Waals surface area contributed by atoms with Crippen molar-refractivity contribution in [1.82, 2.24) is 15.2 Å². The largest absolute Gasteiger partial charge is 0.342 e. The van der Waals surface area contributed by atoms with Crippen molar-refractivity contribution >= 4 is 11.8 Å². The molecule has 110 valence electrons. The Morgan fingerprint density at radius 3 is 2.53 bits per heavy atom. The van der Waals surface area contributed by atoms with Crippen LogP contribution in [-0.2, 0) is 9.59 Å². The number of likely N-dealkylation sites (N-methyl/N-ethyl adjacent to an activating group) is 1. The SMILES string of the molecule is CN(CCCCCC(=O)NN)CC(=O)N1CCCC1. The fourth-order valence-electron chi connectivity index (χ4n) is 2.29. The molecule has 6 heteroatoms. The maximum Gasteiger partial charge on any atom is 0.236 e. The van der Waals surface area contributed by atoms with Gasteiger partial charge in [0.05, 0.1) is 6.54 Å². The highest BCUT2D eigenvalue weighted by atomic mass is 16.2. The van der Waals surface area contributed by atoms with Gasteiger partial charge in [0.15, 0.2) is 0 Å². The quantitative estimate of drug-likeness (QED) is 0.284. The van der Waals surface area contributed by atoms with E-state index in [9.17, 15) is 9.59 Å². The molecule has 1 aliphatic rings. The van der Waals surface area contributed by atoms with Gasteiger partial charge < -0.3 is 4.90 Å². The van der Waals surface area contributed by atoms with Gasteiger partial charge in [0.1, 0.15) is 0 Å². The number of nitrogens with one attached hydrogen (secondary N) is 1. The van der Waals surface area contributed by atoms with E-state index in [1.807, 2.05) is 11.9 Å². The summed E-state index contributed by atoms with van der Waals surface area (Å²) < 4.78 is 0. The third-order valence-electron chi connectivity index (χ3n) is 3.47. The van der Waals surface area contributed by atoms with Gasteiger partial charge in [0.2, 0.25) is 11.8 Å². The summed E-state index contributed by atoms with van der Waals surface area (Å²) in [6.07, 6.45) is 5.58. The molecule has 1 saturated heterocycles. The van der Waals surface area contributed by atoms with Crippen LogP contribution in [-0.4, -0.2) is 54.8 Å². The average Bonchev–Trinajstić information content (AvgIpc) is 2.91. The normalized spacial score (nSPS) is 15.0. The Morgan fingerprint density at radius 2 is 1.89 bits per heavy atom. The zero-order valence-corrected chi connectivity index (χ0v) is 11.9. The molecule has 1 heterocycles. The lowest BCUT2D eigenvalue weighted by molar-refractivity contribution is -0.131. The number of unbranched alkanes of at least 4 members (excludes halogenated alkanes) is 2. The molecule has 0 aromatic rings. The summed E-state index contributed by atoms with van der Waals surface area (Å²) in [6.45, 7) is 3.23. The molecule has 0 unspecified atom stereocenters. The van der Waals surface area contributed by atoms with Crippen LogP contribution in [0.2, 0.25) is 0 Å². The van der Waals surface area contributed by atoms with Crippen molar-refractivity contribution < 1.29 is 9.59 Å². The van der Waals surface area contributed by atoms with Gasteiger partial charge in [0, 0.05) is 19.5 Å². The predicted octanol–water partition coefficient (Wildman–Crippen LogP) is 0.0909. The summed E-state index contributed by atoms with van der Waals surface area (Å²) in [5.41, 5.74) is 2.12. The molecule has 0 aromatic carbocycles. The molecule has 0 radical (unpaired) electrons. The molecule has 0 bridgehead atoms. The van der Waals surface area contributed by atoms with E-state index in [4.69, 9.17) is 5.84 Å². The Morgan fingerprint density at radius 1 is 1.21 bits per heavy atom. The highest BCUT2D eigenvalue weighted by Gasteiger charge is 2.18. The number of likely N-dealkylation sites (tertiary alicyclic amines) is 1. The second kappa shape index (κ2) is 8.87. The summed E-state index contributed by atoms with van der Waals surface area (Å²) in [7, 11) is 1.97. The first kappa shape index (κ1) is 15.9. The van der Waals surface area contributed by atoms with Crippen LogP contribution < -0.4 is 11.3 Å².